The number of carbonyl (C=O) groups is 2. The van der Waals surface area contributed by atoms with Gasteiger partial charge in [0.25, 0.3) is 0 Å². The van der Waals surface area contributed by atoms with Crippen molar-refractivity contribution < 1.29 is 19.1 Å². The van der Waals surface area contributed by atoms with Crippen LogP contribution in [0.1, 0.15) is 26.2 Å². The van der Waals surface area contributed by atoms with E-state index in [1.165, 1.54) is 7.11 Å². The van der Waals surface area contributed by atoms with Crippen molar-refractivity contribution in [2.75, 3.05) is 33.9 Å². The van der Waals surface area contributed by atoms with Crippen LogP contribution in [0.25, 0.3) is 0 Å². The molecule has 0 aliphatic carbocycles. The number of hydrogen-bond donors (Lipinski definition) is 1. The van der Waals surface area contributed by atoms with Crippen molar-refractivity contribution in [1.29, 1.82) is 0 Å². The molecule has 0 spiro atoms. The Labute approximate surface area is 114 Å². The van der Waals surface area contributed by atoms with E-state index in [9.17, 15) is 9.59 Å². The monoisotopic (exact) mass is 272 g/mol. The molecule has 0 aromatic rings. The van der Waals surface area contributed by atoms with Crippen molar-refractivity contribution in [3.05, 3.63) is 0 Å². The van der Waals surface area contributed by atoms with Crippen LogP contribution in [0, 0.1) is 0 Å². The number of methoxy groups -OCH3 is 2. The number of likely N-dealkylation sites (tertiary alicyclic amines) is 1. The SMILES string of the molecule is COCC(C)NC(=O)CN1CCCCC1C(=O)OC. The molecule has 19 heavy (non-hydrogen) atoms. The quantitative estimate of drug-likeness (QED) is 0.698. The zero-order valence-electron chi connectivity index (χ0n) is 12.0. The Morgan fingerprint density at radius 2 is 2.11 bits per heavy atom. The maximum Gasteiger partial charge on any atom is 0.323 e. The molecule has 0 radical (unpaired) electrons. The van der Waals surface area contributed by atoms with Gasteiger partial charge in [-0.3, -0.25) is 14.5 Å². The van der Waals surface area contributed by atoms with Gasteiger partial charge in [-0.15, -0.1) is 0 Å². The van der Waals surface area contributed by atoms with Crippen molar-refractivity contribution in [2.24, 2.45) is 0 Å². The average Bonchev–Trinajstić information content (AvgIpc) is 2.38. The van der Waals surface area contributed by atoms with E-state index in [0.717, 1.165) is 25.8 Å². The van der Waals surface area contributed by atoms with Gasteiger partial charge in [0.1, 0.15) is 6.04 Å². The zero-order valence-corrected chi connectivity index (χ0v) is 12.0. The number of esters is 1. The van der Waals surface area contributed by atoms with Gasteiger partial charge in [0.2, 0.25) is 5.91 Å². The lowest BCUT2D eigenvalue weighted by molar-refractivity contribution is -0.148. The molecule has 0 bridgehead atoms. The van der Waals surface area contributed by atoms with E-state index >= 15 is 0 Å². The molecule has 1 heterocycles. The van der Waals surface area contributed by atoms with Crippen molar-refractivity contribution in [2.45, 2.75) is 38.3 Å². The molecule has 0 aromatic heterocycles. The molecule has 0 aromatic carbocycles. The van der Waals surface area contributed by atoms with Crippen molar-refractivity contribution >= 4 is 11.9 Å². The molecular weight excluding hydrogens is 248 g/mol. The Morgan fingerprint density at radius 1 is 1.37 bits per heavy atom. The third kappa shape index (κ3) is 5.16. The van der Waals surface area contributed by atoms with E-state index in [0.29, 0.717) is 6.61 Å². The highest BCUT2D eigenvalue weighted by Crippen LogP contribution is 2.17. The summed E-state index contributed by atoms with van der Waals surface area (Å²) >= 11 is 0. The summed E-state index contributed by atoms with van der Waals surface area (Å²) in [7, 11) is 2.98. The number of piperidine rings is 1. The fraction of sp³-hybridized carbons (Fsp3) is 0.846. The van der Waals surface area contributed by atoms with Gasteiger partial charge in [-0.05, 0) is 26.3 Å². The van der Waals surface area contributed by atoms with Crippen LogP contribution >= 0.6 is 0 Å². The number of ether oxygens (including phenoxy) is 2. The summed E-state index contributed by atoms with van der Waals surface area (Å²) in [4.78, 5) is 25.5. The second-order valence-corrected chi connectivity index (χ2v) is 4.93. The fourth-order valence-corrected chi connectivity index (χ4v) is 2.38. The second-order valence-electron chi connectivity index (χ2n) is 4.93. The Balaban J connectivity index is 2.48. The van der Waals surface area contributed by atoms with E-state index in [2.05, 4.69) is 5.32 Å². The first kappa shape index (κ1) is 15.9. The summed E-state index contributed by atoms with van der Waals surface area (Å²) in [6.45, 7) is 3.35. The molecule has 1 amide bonds. The lowest BCUT2D eigenvalue weighted by atomic mass is 10.0. The first-order chi connectivity index (χ1) is 9.08. The van der Waals surface area contributed by atoms with Gasteiger partial charge in [-0.1, -0.05) is 6.42 Å². The first-order valence-electron chi connectivity index (χ1n) is 6.68. The Kier molecular flexibility index (Phi) is 6.80. The maximum atomic E-state index is 11.9. The highest BCUT2D eigenvalue weighted by molar-refractivity contribution is 5.80. The second kappa shape index (κ2) is 8.12. The number of nitrogens with zero attached hydrogens (tertiary/aromatic N) is 1. The summed E-state index contributed by atoms with van der Waals surface area (Å²) in [6.07, 6.45) is 2.76. The number of nitrogens with one attached hydrogen (secondary N) is 1. The highest BCUT2D eigenvalue weighted by Gasteiger charge is 2.30. The third-order valence-electron chi connectivity index (χ3n) is 3.26. The highest BCUT2D eigenvalue weighted by atomic mass is 16.5. The minimum Gasteiger partial charge on any atom is -0.468 e. The minimum atomic E-state index is -0.290. The lowest BCUT2D eigenvalue weighted by Crippen LogP contribution is -2.50. The summed E-state index contributed by atoms with van der Waals surface area (Å²) in [5, 5.41) is 2.85. The smallest absolute Gasteiger partial charge is 0.323 e. The Hall–Kier alpha value is -1.14. The van der Waals surface area contributed by atoms with Crippen LogP contribution < -0.4 is 5.32 Å². The predicted octanol–water partition coefficient (Wildman–Crippen LogP) is 0.165. The summed E-state index contributed by atoms with van der Waals surface area (Å²) < 4.78 is 9.76. The van der Waals surface area contributed by atoms with E-state index < -0.39 is 0 Å². The molecule has 110 valence electrons. The standard InChI is InChI=1S/C13H24N2O4/c1-10(9-18-2)14-12(16)8-15-7-5-4-6-11(15)13(17)19-3/h10-11H,4-9H2,1-3H3,(H,14,16). The van der Waals surface area contributed by atoms with Gasteiger partial charge >= 0.3 is 5.97 Å². The number of hydrogen-bond acceptors (Lipinski definition) is 5. The molecule has 2 unspecified atom stereocenters. The van der Waals surface area contributed by atoms with E-state index in [1.54, 1.807) is 7.11 Å². The lowest BCUT2D eigenvalue weighted by Gasteiger charge is -2.33. The molecule has 1 aliphatic heterocycles. The van der Waals surface area contributed by atoms with E-state index in [4.69, 9.17) is 9.47 Å². The van der Waals surface area contributed by atoms with E-state index in [1.807, 2.05) is 11.8 Å². The van der Waals surface area contributed by atoms with E-state index in [-0.39, 0.29) is 30.5 Å². The van der Waals surface area contributed by atoms with Gasteiger partial charge in [0.15, 0.2) is 0 Å². The van der Waals surface area contributed by atoms with Crippen molar-refractivity contribution in [3.8, 4) is 0 Å². The van der Waals surface area contributed by atoms with Gasteiger partial charge in [-0.25, -0.2) is 0 Å². The van der Waals surface area contributed by atoms with Gasteiger partial charge < -0.3 is 14.8 Å². The van der Waals surface area contributed by atoms with Gasteiger partial charge in [-0.2, -0.15) is 0 Å². The van der Waals surface area contributed by atoms with Gasteiger partial charge in [0, 0.05) is 13.2 Å². The summed E-state index contributed by atoms with van der Waals surface area (Å²) in [6, 6.07) is -0.318. The molecule has 1 rings (SSSR count). The number of carbonyl (C=O) groups excluding carboxylic acids is 2. The molecule has 2 atom stereocenters. The zero-order chi connectivity index (χ0) is 14.3. The Morgan fingerprint density at radius 3 is 2.74 bits per heavy atom. The van der Waals surface area contributed by atoms with Crippen molar-refractivity contribution in [1.82, 2.24) is 10.2 Å². The summed E-state index contributed by atoms with van der Waals surface area (Å²) in [5.74, 6) is -0.335. The molecule has 6 heteroatoms. The normalized spacial score (nSPS) is 21.7. The molecule has 0 saturated carbocycles. The van der Waals surface area contributed by atoms with Crippen LogP contribution in [0.5, 0.6) is 0 Å². The van der Waals surface area contributed by atoms with Crippen LogP contribution in [0.3, 0.4) is 0 Å². The molecule has 6 nitrogen and oxygen atoms in total. The topological polar surface area (TPSA) is 67.9 Å². The third-order valence-corrected chi connectivity index (χ3v) is 3.26. The average molecular weight is 272 g/mol. The Bertz CT molecular complexity index is 309. The van der Waals surface area contributed by atoms with Gasteiger partial charge in [0.05, 0.1) is 20.3 Å². The predicted molar refractivity (Wildman–Crippen MR) is 70.7 cm³/mol. The van der Waals surface area contributed by atoms with Crippen molar-refractivity contribution in [3.63, 3.8) is 0 Å². The number of rotatable bonds is 6. The van der Waals surface area contributed by atoms with Crippen LogP contribution in [-0.4, -0.2) is 62.8 Å². The maximum absolute atomic E-state index is 11.9. The van der Waals surface area contributed by atoms with Crippen LogP contribution in [-0.2, 0) is 19.1 Å². The van der Waals surface area contributed by atoms with Crippen LogP contribution in [0.2, 0.25) is 0 Å². The molecule has 1 aliphatic rings. The molecule has 1 N–H and O–H groups in total. The van der Waals surface area contributed by atoms with Crippen LogP contribution in [0.15, 0.2) is 0 Å². The van der Waals surface area contributed by atoms with Crippen LogP contribution in [0.4, 0.5) is 0 Å². The first-order valence-corrected chi connectivity index (χ1v) is 6.68. The largest absolute Gasteiger partial charge is 0.468 e. The molecule has 1 saturated heterocycles. The number of amides is 1. The minimum absolute atomic E-state index is 0.0288. The molecule has 1 fully saturated rings. The summed E-state index contributed by atoms with van der Waals surface area (Å²) in [5.41, 5.74) is 0. The fourth-order valence-electron chi connectivity index (χ4n) is 2.38. The molecular formula is C13H24N2O4.